The van der Waals surface area contributed by atoms with Gasteiger partial charge in [-0.3, -0.25) is 4.79 Å². The normalized spacial score (nSPS) is 11.1. The first kappa shape index (κ1) is 29.0. The minimum Gasteiger partial charge on any atom is -0.744 e. The van der Waals surface area contributed by atoms with Crippen LogP contribution in [0, 0.1) is 5.41 Å². The molecule has 1 aromatic carbocycles. The predicted octanol–water partition coefficient (Wildman–Crippen LogP) is 2.73. The Morgan fingerprint density at radius 3 is 1.63 bits per heavy atom. The van der Waals surface area contributed by atoms with Gasteiger partial charge in [0, 0.05) is 11.8 Å². The van der Waals surface area contributed by atoms with Gasteiger partial charge in [-0.2, -0.15) is 0 Å². The van der Waals surface area contributed by atoms with E-state index in [2.05, 4.69) is 27.7 Å². The van der Waals surface area contributed by atoms with Crippen molar-refractivity contribution in [2.75, 3.05) is 0 Å². The van der Waals surface area contributed by atoms with Crippen LogP contribution >= 0.6 is 0 Å². The molecule has 0 heterocycles. The summed E-state index contributed by atoms with van der Waals surface area (Å²) in [5.41, 5.74) is 0.0213. The van der Waals surface area contributed by atoms with E-state index < -0.39 is 10.1 Å². The topological polar surface area (TPSA) is 74.3 Å². The second-order valence-electron chi connectivity index (χ2n) is 6.82. The second-order valence-corrected chi connectivity index (χ2v) is 8.20. The molecule has 0 fully saturated rings. The zero-order valence-corrected chi connectivity index (χ0v) is 20.6. The molecule has 0 spiro atoms. The number of hydrogen-bond acceptors (Lipinski definition) is 4. The van der Waals surface area contributed by atoms with Gasteiger partial charge in [0.25, 0.3) is 0 Å². The number of benzene rings is 1. The zero-order valence-electron chi connectivity index (χ0n) is 17.8. The number of hydrogen-bond donors (Lipinski definition) is 0. The van der Waals surface area contributed by atoms with Crippen molar-refractivity contribution in [2.24, 2.45) is 5.41 Å². The summed E-state index contributed by atoms with van der Waals surface area (Å²) in [4.78, 5) is 12.2. The summed E-state index contributed by atoms with van der Waals surface area (Å²) < 4.78 is 30.8. The van der Waals surface area contributed by atoms with Crippen molar-refractivity contribution in [1.29, 1.82) is 0 Å². The summed E-state index contributed by atoms with van der Waals surface area (Å²) in [6.45, 7) is 8.77. The fourth-order valence-electron chi connectivity index (χ4n) is 3.42. The number of Topliss-reactive ketones (excluding diaryl/α,β-unsaturated/α-hetero) is 1. The maximum Gasteiger partial charge on any atom is 1.00 e. The van der Waals surface area contributed by atoms with Gasteiger partial charge in [0.15, 0.2) is 0 Å². The summed E-state index contributed by atoms with van der Waals surface area (Å²) in [7, 11) is -4.25. The van der Waals surface area contributed by atoms with Crippen LogP contribution in [0.1, 0.15) is 85.5 Å². The van der Waals surface area contributed by atoms with Crippen LogP contribution in [-0.2, 0) is 14.9 Å². The molecule has 0 atom stereocenters. The molecule has 0 saturated carbocycles. The zero-order chi connectivity index (χ0) is 20.1. The first-order chi connectivity index (χ1) is 12.3. The third-order valence-electron chi connectivity index (χ3n) is 4.57. The van der Waals surface area contributed by atoms with Crippen molar-refractivity contribution >= 4 is 15.9 Å². The molecule has 0 unspecified atom stereocenters. The fraction of sp³-hybridized carbons (Fsp3) is 0.667. The maximum absolute atomic E-state index is 12.4. The van der Waals surface area contributed by atoms with Crippen molar-refractivity contribution in [3.8, 4) is 0 Å². The Kier molecular flexibility index (Phi) is 16.9. The van der Waals surface area contributed by atoms with E-state index in [9.17, 15) is 17.8 Å². The van der Waals surface area contributed by atoms with Gasteiger partial charge in [0.1, 0.15) is 15.9 Å². The van der Waals surface area contributed by atoms with Crippen LogP contribution in [0.4, 0.5) is 0 Å². The summed E-state index contributed by atoms with van der Waals surface area (Å²) in [6, 6.07) is 7.19. The number of unbranched alkanes of at least 4 members (excludes halogenated alkanes) is 1. The van der Waals surface area contributed by atoms with E-state index in [-0.39, 0.29) is 39.9 Å². The van der Waals surface area contributed by atoms with Crippen molar-refractivity contribution < 1.29 is 47.3 Å². The molecule has 6 heteroatoms. The molecule has 150 valence electrons. The number of carbonyl (C=O) groups excluding carboxylic acids is 1. The van der Waals surface area contributed by atoms with E-state index in [4.69, 9.17) is 0 Å². The van der Waals surface area contributed by atoms with Crippen LogP contribution in [0.5, 0.6) is 0 Å². The van der Waals surface area contributed by atoms with E-state index in [1.165, 1.54) is 24.3 Å². The quantitative estimate of drug-likeness (QED) is 0.418. The largest absolute Gasteiger partial charge is 1.00 e. The predicted molar refractivity (Wildman–Crippen MR) is 106 cm³/mol. The molecule has 4 nitrogen and oxygen atoms in total. The van der Waals surface area contributed by atoms with Crippen molar-refractivity contribution in [3.63, 3.8) is 0 Å². The van der Waals surface area contributed by atoms with E-state index in [1.807, 2.05) is 0 Å². The van der Waals surface area contributed by atoms with Gasteiger partial charge in [-0.05, 0) is 37.8 Å². The Morgan fingerprint density at radius 2 is 1.33 bits per heavy atom. The first-order valence-corrected chi connectivity index (χ1v) is 11.2. The van der Waals surface area contributed by atoms with Crippen LogP contribution < -0.4 is 29.6 Å². The van der Waals surface area contributed by atoms with Gasteiger partial charge in [0.05, 0.1) is 4.90 Å². The van der Waals surface area contributed by atoms with E-state index in [0.29, 0.717) is 5.78 Å². The van der Waals surface area contributed by atoms with Gasteiger partial charge in [-0.25, -0.2) is 8.42 Å². The van der Waals surface area contributed by atoms with Crippen LogP contribution in [0.25, 0.3) is 0 Å². The summed E-state index contributed by atoms with van der Waals surface area (Å²) >= 11 is 0. The Bertz CT molecular complexity index is 583. The maximum atomic E-state index is 12.4. The average Bonchev–Trinajstić information content (AvgIpc) is 2.61. The summed E-state index contributed by atoms with van der Waals surface area (Å²) in [6.07, 6.45) is 9.69. The Morgan fingerprint density at radius 1 is 0.889 bits per heavy atom. The number of carbonyl (C=O) groups is 1. The molecule has 0 saturated heterocycles. The van der Waals surface area contributed by atoms with E-state index in [1.54, 1.807) is 6.07 Å². The summed E-state index contributed by atoms with van der Waals surface area (Å²) in [5, 5.41) is 0. The molecular formula is C21H35NaO4S. The SMILES string of the molecule is CCCCC(=O)C(CCC)(CCC)CCC.O=S(=O)([O-])c1ccccc1.[Na+]. The molecule has 0 radical (unpaired) electrons. The van der Waals surface area contributed by atoms with Crippen LogP contribution in [-0.4, -0.2) is 18.8 Å². The van der Waals surface area contributed by atoms with Gasteiger partial charge in [-0.1, -0.05) is 71.6 Å². The molecule has 0 amide bonds. The van der Waals surface area contributed by atoms with Crippen LogP contribution in [0.3, 0.4) is 0 Å². The smallest absolute Gasteiger partial charge is 0.744 e. The van der Waals surface area contributed by atoms with Gasteiger partial charge >= 0.3 is 29.6 Å². The molecule has 27 heavy (non-hydrogen) atoms. The molecule has 0 aliphatic carbocycles. The third-order valence-corrected chi connectivity index (χ3v) is 5.42. The van der Waals surface area contributed by atoms with Crippen LogP contribution in [0.2, 0.25) is 0 Å². The van der Waals surface area contributed by atoms with Gasteiger partial charge in [0.2, 0.25) is 0 Å². The molecule has 0 bridgehead atoms. The molecule has 0 aliphatic rings. The molecule has 0 aliphatic heterocycles. The third kappa shape index (κ3) is 11.4. The minimum atomic E-state index is -4.25. The standard InChI is InChI=1S/C15H30O.C6H6O3S.Na/c1-5-9-10-14(16)15(11-6-2,12-7-3)13-8-4;7-10(8,9)6-4-2-1-3-5-6;/h5-13H2,1-4H3;1-5H,(H,7,8,9);/q;;+1/p-1. The monoisotopic (exact) mass is 406 g/mol. The molecule has 0 N–H and O–H groups in total. The molecule has 1 rings (SSSR count). The van der Waals surface area contributed by atoms with E-state index in [0.717, 1.165) is 57.8 Å². The van der Waals surface area contributed by atoms with Crippen molar-refractivity contribution in [1.82, 2.24) is 0 Å². The molecule has 0 aromatic heterocycles. The Labute approximate surface area is 188 Å². The van der Waals surface area contributed by atoms with E-state index >= 15 is 0 Å². The van der Waals surface area contributed by atoms with Crippen LogP contribution in [0.15, 0.2) is 35.2 Å². The molecule has 1 aromatic rings. The van der Waals surface area contributed by atoms with Gasteiger partial charge < -0.3 is 4.55 Å². The molecular weight excluding hydrogens is 371 g/mol. The fourth-order valence-corrected chi connectivity index (χ4v) is 3.91. The second kappa shape index (κ2) is 15.7. The van der Waals surface area contributed by atoms with Gasteiger partial charge in [-0.15, -0.1) is 0 Å². The van der Waals surface area contributed by atoms with Crippen molar-refractivity contribution in [3.05, 3.63) is 30.3 Å². The summed E-state index contributed by atoms with van der Waals surface area (Å²) in [5.74, 6) is 0.542. The Balaban J connectivity index is 0. The number of rotatable bonds is 11. The minimum absolute atomic E-state index is 0. The number of ketones is 1. The average molecular weight is 407 g/mol. The Hall–Kier alpha value is -0.200. The van der Waals surface area contributed by atoms with Crippen molar-refractivity contribution in [2.45, 2.75) is 90.4 Å². The first-order valence-electron chi connectivity index (χ1n) is 9.81.